The fraction of sp³-hybridized carbons (Fsp3) is 0.625. The SMILES string of the molecule is COc1nc(N)nc(NCC(C)CO)n1. The standard InChI is InChI=1S/C8H15N5O2/c1-5(4-14)3-10-7-11-6(9)12-8(13-7)15-2/h5,14H,3-4H2,1-2H3,(H3,9,10,11,12,13). The molecule has 7 heteroatoms. The number of aromatic nitrogens is 3. The van der Waals surface area contributed by atoms with Gasteiger partial charge in [-0.1, -0.05) is 6.92 Å². The van der Waals surface area contributed by atoms with Gasteiger partial charge < -0.3 is 20.9 Å². The maximum atomic E-state index is 8.83. The molecule has 0 aliphatic rings. The van der Waals surface area contributed by atoms with Crippen LogP contribution in [0.15, 0.2) is 0 Å². The minimum absolute atomic E-state index is 0.0981. The lowest BCUT2D eigenvalue weighted by Gasteiger charge is -2.09. The van der Waals surface area contributed by atoms with E-state index in [1.54, 1.807) is 0 Å². The molecule has 1 atom stereocenters. The van der Waals surface area contributed by atoms with Gasteiger partial charge in [-0.05, 0) is 5.92 Å². The number of rotatable bonds is 5. The summed E-state index contributed by atoms with van der Waals surface area (Å²) in [6, 6.07) is 0.168. The second-order valence-corrected chi connectivity index (χ2v) is 3.17. The first-order chi connectivity index (χ1) is 7.15. The molecule has 0 radical (unpaired) electrons. The van der Waals surface area contributed by atoms with E-state index in [9.17, 15) is 0 Å². The van der Waals surface area contributed by atoms with Crippen molar-refractivity contribution >= 4 is 11.9 Å². The number of nitrogens with two attached hydrogens (primary N) is 1. The maximum Gasteiger partial charge on any atom is 0.322 e. The number of hydrogen-bond acceptors (Lipinski definition) is 7. The van der Waals surface area contributed by atoms with Crippen LogP contribution in [-0.2, 0) is 0 Å². The second kappa shape index (κ2) is 5.30. The van der Waals surface area contributed by atoms with Gasteiger partial charge in [-0.3, -0.25) is 0 Å². The average molecular weight is 213 g/mol. The summed E-state index contributed by atoms with van der Waals surface area (Å²) < 4.78 is 4.84. The van der Waals surface area contributed by atoms with Crippen molar-refractivity contribution in [3.63, 3.8) is 0 Å². The first-order valence-electron chi connectivity index (χ1n) is 4.56. The first-order valence-corrected chi connectivity index (χ1v) is 4.56. The predicted molar refractivity (Wildman–Crippen MR) is 55.5 cm³/mol. The molecule has 1 rings (SSSR count). The van der Waals surface area contributed by atoms with Crippen molar-refractivity contribution in [2.75, 3.05) is 31.3 Å². The summed E-state index contributed by atoms with van der Waals surface area (Å²) in [4.78, 5) is 11.6. The molecule has 15 heavy (non-hydrogen) atoms. The highest BCUT2D eigenvalue weighted by molar-refractivity contribution is 5.32. The van der Waals surface area contributed by atoms with Crippen LogP contribution in [0.4, 0.5) is 11.9 Å². The molecule has 0 saturated heterocycles. The van der Waals surface area contributed by atoms with Crippen LogP contribution < -0.4 is 15.8 Å². The molecule has 0 spiro atoms. The van der Waals surface area contributed by atoms with Crippen molar-refractivity contribution in [1.29, 1.82) is 0 Å². The third-order valence-electron chi connectivity index (χ3n) is 1.74. The van der Waals surface area contributed by atoms with E-state index in [-0.39, 0.29) is 24.5 Å². The van der Waals surface area contributed by atoms with E-state index in [4.69, 9.17) is 15.6 Å². The van der Waals surface area contributed by atoms with Gasteiger partial charge in [0.05, 0.1) is 7.11 Å². The third kappa shape index (κ3) is 3.55. The van der Waals surface area contributed by atoms with Crippen molar-refractivity contribution in [1.82, 2.24) is 15.0 Å². The summed E-state index contributed by atoms with van der Waals surface area (Å²) in [5.41, 5.74) is 5.44. The lowest BCUT2D eigenvalue weighted by molar-refractivity contribution is 0.244. The van der Waals surface area contributed by atoms with Crippen molar-refractivity contribution in [3.05, 3.63) is 0 Å². The lowest BCUT2D eigenvalue weighted by atomic mass is 10.2. The van der Waals surface area contributed by atoms with Crippen LogP contribution in [0.5, 0.6) is 6.01 Å². The molecule has 1 heterocycles. The number of nitrogens with zero attached hydrogens (tertiary/aromatic N) is 3. The fourth-order valence-corrected chi connectivity index (χ4v) is 0.873. The van der Waals surface area contributed by atoms with Gasteiger partial charge in [-0.15, -0.1) is 0 Å². The maximum absolute atomic E-state index is 8.83. The molecular formula is C8H15N5O2. The van der Waals surface area contributed by atoms with Gasteiger partial charge in [0.2, 0.25) is 11.9 Å². The quantitative estimate of drug-likeness (QED) is 0.605. The second-order valence-electron chi connectivity index (χ2n) is 3.17. The van der Waals surface area contributed by atoms with Gasteiger partial charge >= 0.3 is 6.01 Å². The highest BCUT2D eigenvalue weighted by atomic mass is 16.5. The van der Waals surface area contributed by atoms with Crippen LogP contribution in [-0.4, -0.2) is 40.3 Å². The number of aliphatic hydroxyl groups is 1. The molecule has 7 nitrogen and oxygen atoms in total. The Balaban J connectivity index is 2.64. The van der Waals surface area contributed by atoms with E-state index < -0.39 is 0 Å². The number of hydrogen-bond donors (Lipinski definition) is 3. The Morgan fingerprint density at radius 2 is 2.20 bits per heavy atom. The summed E-state index contributed by atoms with van der Waals surface area (Å²) in [5.74, 6) is 0.564. The highest BCUT2D eigenvalue weighted by Gasteiger charge is 2.05. The van der Waals surface area contributed by atoms with Gasteiger partial charge in [0, 0.05) is 13.2 Å². The molecule has 0 aromatic carbocycles. The summed E-state index contributed by atoms with van der Waals surface area (Å²) in [5, 5.41) is 11.8. The van der Waals surface area contributed by atoms with Crippen molar-refractivity contribution < 1.29 is 9.84 Å². The van der Waals surface area contributed by atoms with E-state index in [0.29, 0.717) is 12.5 Å². The summed E-state index contributed by atoms with van der Waals surface area (Å²) in [7, 11) is 1.45. The summed E-state index contributed by atoms with van der Waals surface area (Å²) in [6.45, 7) is 2.56. The highest BCUT2D eigenvalue weighted by Crippen LogP contribution is 2.08. The smallest absolute Gasteiger partial charge is 0.322 e. The van der Waals surface area contributed by atoms with Crippen molar-refractivity contribution in [2.24, 2.45) is 5.92 Å². The Bertz CT molecular complexity index is 320. The van der Waals surface area contributed by atoms with Gasteiger partial charge in [0.25, 0.3) is 0 Å². The van der Waals surface area contributed by atoms with Crippen LogP contribution >= 0.6 is 0 Å². The van der Waals surface area contributed by atoms with E-state index in [1.165, 1.54) is 7.11 Å². The molecule has 84 valence electrons. The normalized spacial score (nSPS) is 12.2. The van der Waals surface area contributed by atoms with Gasteiger partial charge in [0.1, 0.15) is 0 Å². The molecule has 1 unspecified atom stereocenters. The van der Waals surface area contributed by atoms with Crippen molar-refractivity contribution in [3.8, 4) is 6.01 Å². The van der Waals surface area contributed by atoms with E-state index in [2.05, 4.69) is 20.3 Å². The largest absolute Gasteiger partial charge is 0.467 e. The minimum Gasteiger partial charge on any atom is -0.467 e. The molecule has 0 fully saturated rings. The Hall–Kier alpha value is -1.63. The molecule has 0 aliphatic carbocycles. The predicted octanol–water partition coefficient (Wildman–Crippen LogP) is -0.497. The molecular weight excluding hydrogens is 198 g/mol. The van der Waals surface area contributed by atoms with Gasteiger partial charge in [0.15, 0.2) is 0 Å². The van der Waals surface area contributed by atoms with Crippen LogP contribution in [0.3, 0.4) is 0 Å². The molecule has 1 aromatic heterocycles. The van der Waals surface area contributed by atoms with Crippen molar-refractivity contribution in [2.45, 2.75) is 6.92 Å². The fourth-order valence-electron chi connectivity index (χ4n) is 0.873. The molecule has 0 saturated carbocycles. The Kier molecular flexibility index (Phi) is 4.04. The van der Waals surface area contributed by atoms with Gasteiger partial charge in [-0.2, -0.15) is 15.0 Å². The molecule has 4 N–H and O–H groups in total. The number of anilines is 2. The van der Waals surface area contributed by atoms with Crippen LogP contribution in [0.2, 0.25) is 0 Å². The first kappa shape index (κ1) is 11.4. The third-order valence-corrected chi connectivity index (χ3v) is 1.74. The minimum atomic E-state index is 0.0981. The number of methoxy groups -OCH3 is 1. The molecule has 1 aromatic rings. The molecule has 0 bridgehead atoms. The van der Waals surface area contributed by atoms with E-state index >= 15 is 0 Å². The lowest BCUT2D eigenvalue weighted by Crippen LogP contribution is -2.17. The number of aliphatic hydroxyl groups excluding tert-OH is 1. The number of nitrogens with one attached hydrogen (secondary N) is 1. The molecule has 0 amide bonds. The molecule has 0 aliphatic heterocycles. The van der Waals surface area contributed by atoms with E-state index in [1.807, 2.05) is 6.92 Å². The Morgan fingerprint density at radius 3 is 2.80 bits per heavy atom. The number of ether oxygens (including phenoxy) is 1. The summed E-state index contributed by atoms with van der Waals surface area (Å²) >= 11 is 0. The zero-order valence-corrected chi connectivity index (χ0v) is 8.77. The van der Waals surface area contributed by atoms with Gasteiger partial charge in [-0.25, -0.2) is 0 Å². The topological polar surface area (TPSA) is 106 Å². The summed E-state index contributed by atoms with van der Waals surface area (Å²) in [6.07, 6.45) is 0. The zero-order valence-electron chi connectivity index (χ0n) is 8.77. The van der Waals surface area contributed by atoms with Crippen LogP contribution in [0.1, 0.15) is 6.92 Å². The number of nitrogen functional groups attached to an aromatic ring is 1. The zero-order chi connectivity index (χ0) is 11.3. The average Bonchev–Trinajstić information content (AvgIpc) is 2.25. The van der Waals surface area contributed by atoms with E-state index in [0.717, 1.165) is 0 Å². The van der Waals surface area contributed by atoms with Crippen LogP contribution in [0, 0.1) is 5.92 Å². The Labute approximate surface area is 87.7 Å². The van der Waals surface area contributed by atoms with Crippen LogP contribution in [0.25, 0.3) is 0 Å². The Morgan fingerprint density at radius 1 is 1.47 bits per heavy atom. The monoisotopic (exact) mass is 213 g/mol.